The van der Waals surface area contributed by atoms with E-state index in [2.05, 4.69) is 15.1 Å². The lowest BCUT2D eigenvalue weighted by molar-refractivity contribution is -0.137. The maximum absolute atomic E-state index is 13.1. The van der Waals surface area contributed by atoms with Crippen molar-refractivity contribution < 1.29 is 23.1 Å². The fourth-order valence-corrected chi connectivity index (χ4v) is 4.39. The van der Waals surface area contributed by atoms with Gasteiger partial charge in [-0.2, -0.15) is 18.3 Å². The first-order valence-electron chi connectivity index (χ1n) is 10.4. The largest absolute Gasteiger partial charge is 0.416 e. The smallest absolute Gasteiger partial charge is 0.392 e. The summed E-state index contributed by atoms with van der Waals surface area (Å²) in [6.07, 6.45) is -0.905. The van der Waals surface area contributed by atoms with Crippen LogP contribution in [0.4, 0.5) is 13.2 Å². The van der Waals surface area contributed by atoms with Crippen molar-refractivity contribution in [3.63, 3.8) is 0 Å². The summed E-state index contributed by atoms with van der Waals surface area (Å²) in [7, 11) is 0. The van der Waals surface area contributed by atoms with Crippen molar-refractivity contribution in [3.05, 3.63) is 76.7 Å². The minimum atomic E-state index is -4.42. The zero-order chi connectivity index (χ0) is 23.3. The SMILES string of the molecule is Cc1cc(-c2ncc3cc(C(F)(F)F)ccc3n2)ccc1C1CCn2ncc(CO)c2C1=O. The maximum atomic E-state index is 13.1. The molecule has 1 atom stereocenters. The number of Topliss-reactive ketones (excluding diaryl/α,β-unsaturated/α-hetero) is 1. The van der Waals surface area contributed by atoms with Crippen LogP contribution in [-0.4, -0.2) is 30.6 Å². The number of nitrogens with zero attached hydrogens (tertiary/aromatic N) is 4. The number of hydrogen-bond donors (Lipinski definition) is 1. The molecular formula is C24H19F3N4O2. The Balaban J connectivity index is 1.47. The first-order valence-corrected chi connectivity index (χ1v) is 10.4. The van der Waals surface area contributed by atoms with Crippen LogP contribution < -0.4 is 0 Å². The van der Waals surface area contributed by atoms with Gasteiger partial charge in [-0.05, 0) is 48.7 Å². The summed E-state index contributed by atoms with van der Waals surface area (Å²) >= 11 is 0. The number of aryl methyl sites for hydroxylation is 2. The topological polar surface area (TPSA) is 80.9 Å². The van der Waals surface area contributed by atoms with Crippen LogP contribution >= 0.6 is 0 Å². The third-order valence-corrected chi connectivity index (χ3v) is 6.08. The monoisotopic (exact) mass is 452 g/mol. The number of ketones is 1. The summed E-state index contributed by atoms with van der Waals surface area (Å²) in [4.78, 5) is 21.8. The Morgan fingerprint density at radius 1 is 1.15 bits per heavy atom. The molecule has 0 spiro atoms. The zero-order valence-electron chi connectivity index (χ0n) is 17.6. The lowest BCUT2D eigenvalue weighted by Gasteiger charge is -2.24. The van der Waals surface area contributed by atoms with Crippen LogP contribution in [0.5, 0.6) is 0 Å². The second-order valence-electron chi connectivity index (χ2n) is 8.14. The van der Waals surface area contributed by atoms with Gasteiger partial charge in [0.1, 0.15) is 5.69 Å². The number of rotatable bonds is 3. The number of halogens is 3. The van der Waals surface area contributed by atoms with E-state index in [9.17, 15) is 23.1 Å². The number of carbonyl (C=O) groups excluding carboxylic acids is 1. The number of hydrogen-bond acceptors (Lipinski definition) is 5. The number of alkyl halides is 3. The minimum absolute atomic E-state index is 0.0685. The summed E-state index contributed by atoms with van der Waals surface area (Å²) < 4.78 is 40.5. The van der Waals surface area contributed by atoms with Crippen molar-refractivity contribution in [1.82, 2.24) is 19.7 Å². The number of aliphatic hydroxyl groups excluding tert-OH is 1. The molecule has 4 aromatic rings. The standard InChI is InChI=1S/C24H19F3N4O2/c1-13-8-14(23-28-10-15-9-17(24(25,26)27)3-5-20(15)30-23)2-4-18(13)19-6-7-31-21(22(19)33)16(12-32)11-29-31/h2-5,8-11,19,32H,6-7,12H2,1H3. The number of aromatic nitrogens is 4. The molecule has 0 saturated carbocycles. The molecule has 1 unspecified atom stereocenters. The molecule has 0 aliphatic carbocycles. The Bertz CT molecular complexity index is 1380. The number of fused-ring (bicyclic) bond motifs is 2. The third-order valence-electron chi connectivity index (χ3n) is 6.08. The normalized spacial score (nSPS) is 16.3. The highest BCUT2D eigenvalue weighted by molar-refractivity contribution is 6.01. The maximum Gasteiger partial charge on any atom is 0.416 e. The fraction of sp³-hybridized carbons (Fsp3) is 0.250. The van der Waals surface area contributed by atoms with Crippen LogP contribution in [0.15, 0.2) is 48.8 Å². The molecule has 2 aromatic heterocycles. The summed E-state index contributed by atoms with van der Waals surface area (Å²) in [6, 6.07) is 8.96. The van der Waals surface area contributed by atoms with Crippen LogP contribution in [0.1, 0.15) is 45.1 Å². The molecule has 2 aromatic carbocycles. The van der Waals surface area contributed by atoms with Gasteiger partial charge in [0.25, 0.3) is 0 Å². The van der Waals surface area contributed by atoms with Gasteiger partial charge in [-0.25, -0.2) is 9.97 Å². The molecule has 1 N–H and O–H groups in total. The van der Waals surface area contributed by atoms with E-state index >= 15 is 0 Å². The molecule has 1 aliphatic heterocycles. The lowest BCUT2D eigenvalue weighted by Crippen LogP contribution is -2.27. The van der Waals surface area contributed by atoms with Crippen molar-refractivity contribution in [2.75, 3.05) is 0 Å². The number of benzene rings is 2. The molecule has 0 saturated heterocycles. The molecule has 168 valence electrons. The molecule has 0 bridgehead atoms. The highest BCUT2D eigenvalue weighted by Gasteiger charge is 2.33. The van der Waals surface area contributed by atoms with Crippen LogP contribution in [0, 0.1) is 6.92 Å². The van der Waals surface area contributed by atoms with Gasteiger partial charge >= 0.3 is 6.18 Å². The Morgan fingerprint density at radius 3 is 2.70 bits per heavy atom. The highest BCUT2D eigenvalue weighted by Crippen LogP contribution is 2.35. The van der Waals surface area contributed by atoms with Crippen LogP contribution in [-0.2, 0) is 19.3 Å². The molecule has 0 radical (unpaired) electrons. The van der Waals surface area contributed by atoms with Crippen molar-refractivity contribution in [2.45, 2.75) is 38.6 Å². The van der Waals surface area contributed by atoms with E-state index in [1.165, 1.54) is 18.5 Å². The van der Waals surface area contributed by atoms with Gasteiger partial charge in [0.05, 0.1) is 29.8 Å². The summed E-state index contributed by atoms with van der Waals surface area (Å²) in [5.41, 5.74) is 3.14. The molecule has 33 heavy (non-hydrogen) atoms. The first kappa shape index (κ1) is 21.3. The van der Waals surface area contributed by atoms with Crippen molar-refractivity contribution in [2.24, 2.45) is 0 Å². The summed E-state index contributed by atoms with van der Waals surface area (Å²) in [5, 5.41) is 14.0. The van der Waals surface area contributed by atoms with Crippen molar-refractivity contribution in [3.8, 4) is 11.4 Å². The van der Waals surface area contributed by atoms with Gasteiger partial charge in [0, 0.05) is 29.3 Å². The average Bonchev–Trinajstić information content (AvgIpc) is 3.22. The van der Waals surface area contributed by atoms with Crippen LogP contribution in [0.25, 0.3) is 22.3 Å². The van der Waals surface area contributed by atoms with Gasteiger partial charge in [-0.15, -0.1) is 0 Å². The van der Waals surface area contributed by atoms with Crippen molar-refractivity contribution >= 4 is 16.7 Å². The van der Waals surface area contributed by atoms with Gasteiger partial charge in [-0.1, -0.05) is 12.1 Å². The van der Waals surface area contributed by atoms with E-state index in [0.717, 1.165) is 23.3 Å². The third kappa shape index (κ3) is 3.68. The second-order valence-corrected chi connectivity index (χ2v) is 8.14. The van der Waals surface area contributed by atoms with E-state index in [0.29, 0.717) is 46.5 Å². The summed E-state index contributed by atoms with van der Waals surface area (Å²) in [5.74, 6) is -0.0135. The molecule has 1 aliphatic rings. The lowest BCUT2D eigenvalue weighted by atomic mass is 9.84. The van der Waals surface area contributed by atoms with E-state index < -0.39 is 11.7 Å². The van der Waals surface area contributed by atoms with E-state index in [-0.39, 0.29) is 18.3 Å². The molecular weight excluding hydrogens is 433 g/mol. The predicted molar refractivity (Wildman–Crippen MR) is 115 cm³/mol. The molecule has 6 nitrogen and oxygen atoms in total. The van der Waals surface area contributed by atoms with Gasteiger partial charge in [0.15, 0.2) is 11.6 Å². The molecule has 9 heteroatoms. The average molecular weight is 452 g/mol. The Morgan fingerprint density at radius 2 is 1.97 bits per heavy atom. The quantitative estimate of drug-likeness (QED) is 0.488. The van der Waals surface area contributed by atoms with Crippen LogP contribution in [0.2, 0.25) is 0 Å². The fourth-order valence-electron chi connectivity index (χ4n) is 4.39. The first-order chi connectivity index (χ1) is 15.8. The second kappa shape index (κ2) is 7.77. The molecule has 0 amide bonds. The molecule has 0 fully saturated rings. The molecule has 5 rings (SSSR count). The summed E-state index contributed by atoms with van der Waals surface area (Å²) in [6.45, 7) is 2.25. The van der Waals surface area contributed by atoms with E-state index in [1.807, 2.05) is 25.1 Å². The number of aliphatic hydroxyl groups is 1. The Labute approximate surface area is 186 Å². The van der Waals surface area contributed by atoms with E-state index in [4.69, 9.17) is 0 Å². The van der Waals surface area contributed by atoms with E-state index in [1.54, 1.807) is 4.68 Å². The van der Waals surface area contributed by atoms with Crippen molar-refractivity contribution in [1.29, 1.82) is 0 Å². The minimum Gasteiger partial charge on any atom is -0.392 e. The van der Waals surface area contributed by atoms with Gasteiger partial charge in [0.2, 0.25) is 0 Å². The van der Waals surface area contributed by atoms with Gasteiger partial charge in [-0.3, -0.25) is 9.48 Å². The Hall–Kier alpha value is -3.59. The predicted octanol–water partition coefficient (Wildman–Crippen LogP) is 4.68. The van der Waals surface area contributed by atoms with Gasteiger partial charge < -0.3 is 5.11 Å². The van der Waals surface area contributed by atoms with Crippen LogP contribution in [0.3, 0.4) is 0 Å². The number of carbonyl (C=O) groups is 1. The molecule has 3 heterocycles. The Kier molecular flexibility index (Phi) is 5.01. The zero-order valence-corrected chi connectivity index (χ0v) is 17.6. The highest BCUT2D eigenvalue weighted by atomic mass is 19.4.